The van der Waals surface area contributed by atoms with Crippen LogP contribution in [0.2, 0.25) is 0 Å². The molecule has 1 aliphatic rings. The number of aromatic hydroxyl groups is 1. The second kappa shape index (κ2) is 5.89. The molecule has 0 atom stereocenters. The van der Waals surface area contributed by atoms with Crippen LogP contribution in [-0.2, 0) is 11.3 Å². The summed E-state index contributed by atoms with van der Waals surface area (Å²) in [6.45, 7) is 9.16. The molecule has 2 N–H and O–H groups in total. The lowest BCUT2D eigenvalue weighted by Crippen LogP contribution is -2.60. The zero-order valence-corrected chi connectivity index (χ0v) is 13.0. The Morgan fingerprint density at radius 3 is 2.76 bits per heavy atom. The Hall–Kier alpha value is -1.82. The van der Waals surface area contributed by atoms with Crippen molar-refractivity contribution in [2.45, 2.75) is 45.9 Å². The molecule has 6 nitrogen and oxygen atoms in total. The third-order valence-electron chi connectivity index (χ3n) is 3.18. The molecule has 0 radical (unpaired) electrons. The molecule has 116 valence electrons. The smallest absolute Gasteiger partial charge is 0.410 e. The van der Waals surface area contributed by atoms with Gasteiger partial charge in [-0.15, -0.1) is 0 Å². The van der Waals surface area contributed by atoms with E-state index in [9.17, 15) is 9.90 Å². The quantitative estimate of drug-likeness (QED) is 0.889. The number of likely N-dealkylation sites (tertiary alicyclic amines) is 1. The lowest BCUT2D eigenvalue weighted by atomic mass is 10.1. The van der Waals surface area contributed by atoms with E-state index in [0.717, 1.165) is 5.69 Å². The maximum absolute atomic E-state index is 11.8. The average Bonchev–Trinajstić information content (AvgIpc) is 2.29. The highest BCUT2D eigenvalue weighted by atomic mass is 16.6. The normalized spacial score (nSPS) is 15.7. The number of carbonyl (C=O) groups excluding carboxylic acids is 1. The maximum atomic E-state index is 11.8. The van der Waals surface area contributed by atoms with Crippen molar-refractivity contribution in [3.05, 3.63) is 23.5 Å². The highest BCUT2D eigenvalue weighted by Crippen LogP contribution is 2.17. The topological polar surface area (TPSA) is 74.7 Å². The van der Waals surface area contributed by atoms with Crippen molar-refractivity contribution in [1.29, 1.82) is 0 Å². The summed E-state index contributed by atoms with van der Waals surface area (Å²) in [5.41, 5.74) is 1.03. The number of carbonyl (C=O) groups is 1. The molecule has 0 unspecified atom stereocenters. The first-order chi connectivity index (χ1) is 9.74. The first kappa shape index (κ1) is 15.6. The molecular formula is C15H23N3O3. The van der Waals surface area contributed by atoms with Crippen molar-refractivity contribution in [1.82, 2.24) is 15.2 Å². The lowest BCUT2D eigenvalue weighted by molar-refractivity contribution is 0.00513. The van der Waals surface area contributed by atoms with Gasteiger partial charge in [0.25, 0.3) is 0 Å². The van der Waals surface area contributed by atoms with Gasteiger partial charge in [0.15, 0.2) is 0 Å². The van der Waals surface area contributed by atoms with Crippen molar-refractivity contribution >= 4 is 6.09 Å². The van der Waals surface area contributed by atoms with Gasteiger partial charge in [-0.3, -0.25) is 4.98 Å². The van der Waals surface area contributed by atoms with Gasteiger partial charge in [-0.2, -0.15) is 0 Å². The predicted molar refractivity (Wildman–Crippen MR) is 79.1 cm³/mol. The molecule has 1 aliphatic heterocycles. The number of hydrogen-bond acceptors (Lipinski definition) is 5. The molecule has 6 heteroatoms. The molecule has 1 amide bonds. The van der Waals surface area contributed by atoms with Crippen LogP contribution in [0, 0.1) is 6.92 Å². The van der Waals surface area contributed by atoms with Crippen LogP contribution in [0.5, 0.6) is 5.75 Å². The van der Waals surface area contributed by atoms with Crippen LogP contribution in [0.15, 0.2) is 12.1 Å². The van der Waals surface area contributed by atoms with Gasteiger partial charge >= 0.3 is 6.09 Å². The van der Waals surface area contributed by atoms with Crippen LogP contribution < -0.4 is 5.32 Å². The molecule has 21 heavy (non-hydrogen) atoms. The largest absolute Gasteiger partial charge is 0.506 e. The van der Waals surface area contributed by atoms with Gasteiger partial charge in [-0.05, 0) is 39.8 Å². The number of nitrogens with one attached hydrogen (secondary N) is 1. The van der Waals surface area contributed by atoms with E-state index in [1.807, 2.05) is 27.7 Å². The van der Waals surface area contributed by atoms with Crippen molar-refractivity contribution < 1.29 is 14.6 Å². The summed E-state index contributed by atoms with van der Waals surface area (Å²) in [4.78, 5) is 17.7. The van der Waals surface area contributed by atoms with Gasteiger partial charge in [0.05, 0.1) is 5.69 Å². The van der Waals surface area contributed by atoms with Crippen molar-refractivity contribution in [3.8, 4) is 5.75 Å². The Bertz CT molecular complexity index is 519. The molecule has 2 rings (SSSR count). The standard InChI is InChI=1S/C15H23N3O3/c1-10-5-6-13(19)12(17-10)7-16-11-8-18(9-11)14(20)21-15(2,3)4/h5-6,11,16,19H,7-9H2,1-4H3. The molecule has 0 aromatic carbocycles. The second-order valence-corrected chi connectivity index (χ2v) is 6.38. The molecule has 1 fully saturated rings. The monoisotopic (exact) mass is 293 g/mol. The highest BCUT2D eigenvalue weighted by molar-refractivity contribution is 5.69. The van der Waals surface area contributed by atoms with Crippen LogP contribution >= 0.6 is 0 Å². The number of aryl methyl sites for hydroxylation is 1. The van der Waals surface area contributed by atoms with E-state index < -0.39 is 5.60 Å². The molecule has 1 aromatic heterocycles. The number of pyridine rings is 1. The Balaban J connectivity index is 1.76. The fourth-order valence-corrected chi connectivity index (χ4v) is 2.06. The fraction of sp³-hybridized carbons (Fsp3) is 0.600. The van der Waals surface area contributed by atoms with Crippen LogP contribution in [0.3, 0.4) is 0 Å². The van der Waals surface area contributed by atoms with E-state index in [-0.39, 0.29) is 17.9 Å². The first-order valence-electron chi connectivity index (χ1n) is 7.11. The minimum Gasteiger partial charge on any atom is -0.506 e. The molecule has 0 bridgehead atoms. The van der Waals surface area contributed by atoms with Crippen LogP contribution in [0.4, 0.5) is 4.79 Å². The zero-order chi connectivity index (χ0) is 15.6. The number of ether oxygens (including phenoxy) is 1. The predicted octanol–water partition coefficient (Wildman–Crippen LogP) is 1.80. The Morgan fingerprint density at radius 2 is 2.14 bits per heavy atom. The zero-order valence-electron chi connectivity index (χ0n) is 13.0. The van der Waals surface area contributed by atoms with Gasteiger partial charge in [0, 0.05) is 31.4 Å². The van der Waals surface area contributed by atoms with E-state index in [1.54, 1.807) is 17.0 Å². The number of nitrogens with zero attached hydrogens (tertiary/aromatic N) is 2. The summed E-state index contributed by atoms with van der Waals surface area (Å²) in [5.74, 6) is 0.191. The molecule has 1 aromatic rings. The van der Waals surface area contributed by atoms with Crippen molar-refractivity contribution in [2.24, 2.45) is 0 Å². The Kier molecular flexibility index (Phi) is 4.37. The Morgan fingerprint density at radius 1 is 1.48 bits per heavy atom. The maximum Gasteiger partial charge on any atom is 0.410 e. The SMILES string of the molecule is Cc1ccc(O)c(CNC2CN(C(=O)OC(C)(C)C)C2)n1. The lowest BCUT2D eigenvalue weighted by Gasteiger charge is -2.40. The van der Waals surface area contributed by atoms with Gasteiger partial charge in [0.2, 0.25) is 0 Å². The molecule has 0 spiro atoms. The number of hydrogen-bond donors (Lipinski definition) is 2. The summed E-state index contributed by atoms with van der Waals surface area (Å²) in [5, 5.41) is 13.0. The van der Waals surface area contributed by atoms with Gasteiger partial charge in [-0.25, -0.2) is 4.79 Å². The summed E-state index contributed by atoms with van der Waals surface area (Å²) in [6.07, 6.45) is -0.280. The van der Waals surface area contributed by atoms with E-state index in [4.69, 9.17) is 4.74 Å². The van der Waals surface area contributed by atoms with Gasteiger partial charge in [0.1, 0.15) is 11.4 Å². The molecule has 0 aliphatic carbocycles. The minimum absolute atomic E-state index is 0.191. The second-order valence-electron chi connectivity index (χ2n) is 6.38. The highest BCUT2D eigenvalue weighted by Gasteiger charge is 2.33. The molecule has 2 heterocycles. The number of amides is 1. The third-order valence-corrected chi connectivity index (χ3v) is 3.18. The summed E-state index contributed by atoms with van der Waals surface area (Å²) < 4.78 is 5.29. The van der Waals surface area contributed by atoms with Crippen molar-refractivity contribution in [2.75, 3.05) is 13.1 Å². The summed E-state index contributed by atoms with van der Waals surface area (Å²) in [7, 11) is 0. The Labute approximate surface area is 125 Å². The molecular weight excluding hydrogens is 270 g/mol. The molecule has 0 saturated carbocycles. The fourth-order valence-electron chi connectivity index (χ4n) is 2.06. The van der Waals surface area contributed by atoms with E-state index >= 15 is 0 Å². The van der Waals surface area contributed by atoms with Gasteiger partial charge < -0.3 is 20.1 Å². The minimum atomic E-state index is -0.465. The summed E-state index contributed by atoms with van der Waals surface area (Å²) >= 11 is 0. The number of rotatable bonds is 3. The molecule has 1 saturated heterocycles. The van der Waals surface area contributed by atoms with E-state index in [0.29, 0.717) is 25.3 Å². The van der Waals surface area contributed by atoms with Crippen LogP contribution in [-0.4, -0.2) is 45.8 Å². The summed E-state index contributed by atoms with van der Waals surface area (Å²) in [6, 6.07) is 3.62. The van der Waals surface area contributed by atoms with Crippen LogP contribution in [0.1, 0.15) is 32.2 Å². The number of aromatic nitrogens is 1. The van der Waals surface area contributed by atoms with E-state index in [1.165, 1.54) is 0 Å². The van der Waals surface area contributed by atoms with Gasteiger partial charge in [-0.1, -0.05) is 0 Å². The van der Waals surface area contributed by atoms with Crippen molar-refractivity contribution in [3.63, 3.8) is 0 Å². The first-order valence-corrected chi connectivity index (χ1v) is 7.11. The van der Waals surface area contributed by atoms with E-state index in [2.05, 4.69) is 10.3 Å². The third kappa shape index (κ3) is 4.32. The van der Waals surface area contributed by atoms with Crippen LogP contribution in [0.25, 0.3) is 0 Å². The average molecular weight is 293 g/mol.